The van der Waals surface area contributed by atoms with Gasteiger partial charge in [0.1, 0.15) is 0 Å². The molecule has 0 saturated heterocycles. The lowest BCUT2D eigenvalue weighted by atomic mass is 9.88. The fourth-order valence-corrected chi connectivity index (χ4v) is 3.63. The molecule has 0 aromatic rings. The van der Waals surface area contributed by atoms with Gasteiger partial charge in [-0.15, -0.1) is 0 Å². The van der Waals surface area contributed by atoms with Crippen LogP contribution in [0.1, 0.15) is 52.4 Å². The first-order valence-electron chi connectivity index (χ1n) is 7.23. The average Bonchev–Trinajstić information content (AvgIpc) is 2.90. The number of nitriles is 1. The normalized spacial score (nSPS) is 31.7. The van der Waals surface area contributed by atoms with Crippen molar-refractivity contribution < 1.29 is 0 Å². The third kappa shape index (κ3) is 3.45. The lowest BCUT2D eigenvalue weighted by Gasteiger charge is -2.22. The van der Waals surface area contributed by atoms with Gasteiger partial charge in [0.15, 0.2) is 0 Å². The van der Waals surface area contributed by atoms with E-state index < -0.39 is 0 Å². The first kappa shape index (κ1) is 12.9. The van der Waals surface area contributed by atoms with Gasteiger partial charge in [-0.3, -0.25) is 0 Å². The van der Waals surface area contributed by atoms with Crippen LogP contribution in [0.3, 0.4) is 0 Å². The molecule has 2 rings (SSSR count). The summed E-state index contributed by atoms with van der Waals surface area (Å²) < 4.78 is 0. The van der Waals surface area contributed by atoms with Crippen molar-refractivity contribution in [1.82, 2.24) is 5.32 Å². The largest absolute Gasteiger partial charge is 0.316 e. The van der Waals surface area contributed by atoms with Gasteiger partial charge in [0.2, 0.25) is 0 Å². The van der Waals surface area contributed by atoms with Gasteiger partial charge in [-0.2, -0.15) is 5.26 Å². The van der Waals surface area contributed by atoms with E-state index >= 15 is 0 Å². The molecule has 2 bridgehead atoms. The number of fused-ring (bicyclic) bond motifs is 2. The molecule has 96 valence electrons. The van der Waals surface area contributed by atoms with Crippen LogP contribution in [0.25, 0.3) is 0 Å². The number of rotatable bonds is 6. The summed E-state index contributed by atoms with van der Waals surface area (Å²) in [4.78, 5) is 0. The Kier molecular flexibility index (Phi) is 4.09. The Morgan fingerprint density at radius 3 is 2.71 bits per heavy atom. The number of nitrogens with one attached hydrogen (secondary N) is 1. The van der Waals surface area contributed by atoms with E-state index in [-0.39, 0.29) is 5.41 Å². The predicted octanol–water partition coefficient (Wildman–Crippen LogP) is 3.34. The molecule has 2 aliphatic rings. The van der Waals surface area contributed by atoms with Crippen molar-refractivity contribution in [3.63, 3.8) is 0 Å². The highest BCUT2D eigenvalue weighted by Crippen LogP contribution is 2.47. The van der Waals surface area contributed by atoms with Crippen LogP contribution in [-0.4, -0.2) is 13.1 Å². The van der Waals surface area contributed by atoms with Crippen LogP contribution in [0.15, 0.2) is 0 Å². The molecule has 3 atom stereocenters. The summed E-state index contributed by atoms with van der Waals surface area (Å²) in [6.45, 7) is 6.36. The van der Waals surface area contributed by atoms with Crippen molar-refractivity contribution in [2.75, 3.05) is 13.1 Å². The van der Waals surface area contributed by atoms with E-state index in [1.54, 1.807) is 0 Å². The Morgan fingerprint density at radius 2 is 2.12 bits per heavy atom. The smallest absolute Gasteiger partial charge is 0.0683 e. The SMILES string of the molecule is CC(C)(C#N)CCCNCC1CC2CCC1C2. The van der Waals surface area contributed by atoms with Crippen molar-refractivity contribution in [1.29, 1.82) is 5.26 Å². The Balaban J connectivity index is 1.54. The number of hydrogen-bond donors (Lipinski definition) is 1. The third-order valence-corrected chi connectivity index (χ3v) is 4.75. The van der Waals surface area contributed by atoms with Crippen LogP contribution < -0.4 is 5.32 Å². The van der Waals surface area contributed by atoms with Crippen molar-refractivity contribution in [2.45, 2.75) is 52.4 Å². The highest BCUT2D eigenvalue weighted by atomic mass is 14.9. The van der Waals surface area contributed by atoms with Crippen molar-refractivity contribution >= 4 is 0 Å². The van der Waals surface area contributed by atoms with Crippen LogP contribution in [0.5, 0.6) is 0 Å². The summed E-state index contributed by atoms with van der Waals surface area (Å²) >= 11 is 0. The fourth-order valence-electron chi connectivity index (χ4n) is 3.63. The van der Waals surface area contributed by atoms with E-state index in [1.165, 1.54) is 32.2 Å². The molecule has 0 spiro atoms. The minimum absolute atomic E-state index is 0.145. The molecular formula is C15H26N2. The van der Waals surface area contributed by atoms with Gasteiger partial charge in [0, 0.05) is 0 Å². The van der Waals surface area contributed by atoms with E-state index in [9.17, 15) is 0 Å². The van der Waals surface area contributed by atoms with Crippen molar-refractivity contribution in [2.24, 2.45) is 23.2 Å². The number of hydrogen-bond acceptors (Lipinski definition) is 2. The van der Waals surface area contributed by atoms with Crippen LogP contribution in [0, 0.1) is 34.5 Å². The average molecular weight is 234 g/mol. The second-order valence-corrected chi connectivity index (χ2v) is 6.74. The molecule has 2 aliphatic carbocycles. The van der Waals surface area contributed by atoms with E-state index in [4.69, 9.17) is 5.26 Å². The van der Waals surface area contributed by atoms with Crippen LogP contribution in [-0.2, 0) is 0 Å². The van der Waals surface area contributed by atoms with Gasteiger partial charge in [0.25, 0.3) is 0 Å². The molecule has 0 radical (unpaired) electrons. The molecule has 2 heteroatoms. The molecular weight excluding hydrogens is 208 g/mol. The Morgan fingerprint density at radius 1 is 1.29 bits per heavy atom. The molecule has 0 aromatic heterocycles. The maximum absolute atomic E-state index is 8.92. The third-order valence-electron chi connectivity index (χ3n) is 4.75. The van der Waals surface area contributed by atoms with E-state index in [1.807, 2.05) is 13.8 Å². The van der Waals surface area contributed by atoms with Gasteiger partial charge in [0.05, 0.1) is 11.5 Å². The molecule has 0 aliphatic heterocycles. The highest BCUT2D eigenvalue weighted by Gasteiger charge is 2.38. The second kappa shape index (κ2) is 5.40. The fraction of sp³-hybridized carbons (Fsp3) is 0.933. The van der Waals surface area contributed by atoms with Gasteiger partial charge in [-0.1, -0.05) is 6.42 Å². The Bertz CT molecular complexity index is 290. The van der Waals surface area contributed by atoms with Gasteiger partial charge >= 0.3 is 0 Å². The molecule has 2 nitrogen and oxygen atoms in total. The van der Waals surface area contributed by atoms with E-state index in [0.29, 0.717) is 0 Å². The minimum Gasteiger partial charge on any atom is -0.316 e. The lowest BCUT2D eigenvalue weighted by molar-refractivity contribution is 0.315. The molecule has 0 amide bonds. The monoisotopic (exact) mass is 234 g/mol. The zero-order chi connectivity index (χ0) is 12.3. The van der Waals surface area contributed by atoms with Crippen LogP contribution >= 0.6 is 0 Å². The Labute approximate surface area is 106 Å². The summed E-state index contributed by atoms with van der Waals surface area (Å²) in [5.74, 6) is 3.05. The molecule has 3 unspecified atom stereocenters. The quantitative estimate of drug-likeness (QED) is 0.715. The standard InChI is InChI=1S/C15H26N2/c1-15(2,11-16)6-3-7-17-10-14-9-12-4-5-13(14)8-12/h12-14,17H,3-10H2,1-2H3. The van der Waals surface area contributed by atoms with Gasteiger partial charge < -0.3 is 5.32 Å². The van der Waals surface area contributed by atoms with Gasteiger partial charge in [-0.05, 0) is 76.8 Å². The maximum Gasteiger partial charge on any atom is 0.0683 e. The Hall–Kier alpha value is -0.550. The molecule has 2 fully saturated rings. The maximum atomic E-state index is 8.92. The minimum atomic E-state index is -0.145. The van der Waals surface area contributed by atoms with Crippen molar-refractivity contribution in [3.8, 4) is 6.07 Å². The second-order valence-electron chi connectivity index (χ2n) is 6.74. The summed E-state index contributed by atoms with van der Waals surface area (Å²) in [5.41, 5.74) is -0.145. The molecule has 1 N–H and O–H groups in total. The first-order chi connectivity index (χ1) is 8.11. The first-order valence-corrected chi connectivity index (χ1v) is 7.23. The molecule has 2 saturated carbocycles. The highest BCUT2D eigenvalue weighted by molar-refractivity contribution is 4.92. The van der Waals surface area contributed by atoms with Crippen LogP contribution in [0.4, 0.5) is 0 Å². The number of nitrogens with zero attached hydrogens (tertiary/aromatic N) is 1. The summed E-state index contributed by atoms with van der Waals surface area (Å²) in [6, 6.07) is 2.37. The van der Waals surface area contributed by atoms with E-state index in [2.05, 4.69) is 11.4 Å². The molecule has 0 aromatic carbocycles. The van der Waals surface area contributed by atoms with Gasteiger partial charge in [-0.25, -0.2) is 0 Å². The summed E-state index contributed by atoms with van der Waals surface area (Å²) in [6.07, 6.45) is 8.10. The van der Waals surface area contributed by atoms with E-state index in [0.717, 1.165) is 37.1 Å². The predicted molar refractivity (Wildman–Crippen MR) is 70.4 cm³/mol. The lowest BCUT2D eigenvalue weighted by Crippen LogP contribution is -2.27. The summed E-state index contributed by atoms with van der Waals surface area (Å²) in [7, 11) is 0. The zero-order valence-electron chi connectivity index (χ0n) is 11.3. The van der Waals surface area contributed by atoms with Crippen LogP contribution in [0.2, 0.25) is 0 Å². The zero-order valence-corrected chi connectivity index (χ0v) is 11.3. The molecule has 0 heterocycles. The summed E-state index contributed by atoms with van der Waals surface area (Å²) in [5, 5.41) is 12.5. The molecule has 17 heavy (non-hydrogen) atoms. The van der Waals surface area contributed by atoms with Crippen molar-refractivity contribution in [3.05, 3.63) is 0 Å². The topological polar surface area (TPSA) is 35.8 Å².